The third-order valence-corrected chi connectivity index (χ3v) is 4.59. The monoisotopic (exact) mass is 322 g/mol. The SMILES string of the molecule is O=C1CC2(CCCC2)CC(=O)N1c1cccc(Br)n1. The maximum atomic E-state index is 12.3. The lowest BCUT2D eigenvalue weighted by Gasteiger charge is -2.36. The van der Waals surface area contributed by atoms with Crippen LogP contribution in [0.1, 0.15) is 38.5 Å². The molecule has 2 aliphatic rings. The highest BCUT2D eigenvalue weighted by molar-refractivity contribution is 9.10. The van der Waals surface area contributed by atoms with Gasteiger partial charge in [0, 0.05) is 12.8 Å². The zero-order chi connectivity index (χ0) is 13.5. The number of anilines is 1. The molecule has 1 saturated carbocycles. The van der Waals surface area contributed by atoms with Crippen LogP contribution in [-0.2, 0) is 9.59 Å². The van der Waals surface area contributed by atoms with Crippen molar-refractivity contribution in [3.8, 4) is 0 Å². The van der Waals surface area contributed by atoms with Gasteiger partial charge in [-0.2, -0.15) is 0 Å². The van der Waals surface area contributed by atoms with Gasteiger partial charge >= 0.3 is 0 Å². The van der Waals surface area contributed by atoms with Gasteiger partial charge in [0.25, 0.3) is 0 Å². The lowest BCUT2D eigenvalue weighted by molar-refractivity contribution is -0.133. The lowest BCUT2D eigenvalue weighted by atomic mass is 9.76. The Bertz CT molecular complexity index is 518. The van der Waals surface area contributed by atoms with Gasteiger partial charge in [-0.15, -0.1) is 0 Å². The molecule has 0 unspecified atom stereocenters. The van der Waals surface area contributed by atoms with Crippen LogP contribution >= 0.6 is 15.9 Å². The molecule has 1 saturated heterocycles. The molecule has 0 N–H and O–H groups in total. The van der Waals surface area contributed by atoms with E-state index >= 15 is 0 Å². The highest BCUT2D eigenvalue weighted by Gasteiger charge is 2.45. The largest absolute Gasteiger partial charge is 0.274 e. The van der Waals surface area contributed by atoms with E-state index in [4.69, 9.17) is 0 Å². The summed E-state index contributed by atoms with van der Waals surface area (Å²) in [5, 5.41) is 0. The number of nitrogens with zero attached hydrogens (tertiary/aromatic N) is 2. The van der Waals surface area contributed by atoms with Gasteiger partial charge < -0.3 is 0 Å². The number of aromatic nitrogens is 1. The topological polar surface area (TPSA) is 50.3 Å². The average molecular weight is 323 g/mol. The molecule has 3 rings (SSSR count). The van der Waals surface area contributed by atoms with Gasteiger partial charge in [0.15, 0.2) is 0 Å². The first-order valence-electron chi connectivity index (χ1n) is 6.58. The van der Waals surface area contributed by atoms with Crippen LogP contribution in [0.15, 0.2) is 22.8 Å². The van der Waals surface area contributed by atoms with Crippen molar-refractivity contribution in [2.75, 3.05) is 4.90 Å². The first-order chi connectivity index (χ1) is 9.10. The number of halogens is 1. The predicted molar refractivity (Wildman–Crippen MR) is 74.6 cm³/mol. The Kier molecular flexibility index (Phi) is 3.17. The Balaban J connectivity index is 1.88. The summed E-state index contributed by atoms with van der Waals surface area (Å²) in [6.07, 6.45) is 5.24. The minimum Gasteiger partial charge on any atom is -0.274 e. The molecule has 19 heavy (non-hydrogen) atoms. The second-order valence-corrected chi connectivity index (χ2v) is 6.31. The number of carbonyl (C=O) groups is 2. The van der Waals surface area contributed by atoms with E-state index in [1.54, 1.807) is 18.2 Å². The molecule has 0 atom stereocenters. The third-order valence-electron chi connectivity index (χ3n) is 4.14. The minimum atomic E-state index is -0.108. The molecule has 100 valence electrons. The van der Waals surface area contributed by atoms with Crippen LogP contribution < -0.4 is 4.90 Å². The second-order valence-electron chi connectivity index (χ2n) is 5.50. The number of piperidine rings is 1. The first kappa shape index (κ1) is 12.8. The van der Waals surface area contributed by atoms with Crippen LogP contribution in [-0.4, -0.2) is 16.8 Å². The van der Waals surface area contributed by atoms with Crippen molar-refractivity contribution in [3.63, 3.8) is 0 Å². The van der Waals surface area contributed by atoms with Crippen LogP contribution in [0.2, 0.25) is 0 Å². The van der Waals surface area contributed by atoms with Crippen LogP contribution in [0, 0.1) is 5.41 Å². The second kappa shape index (κ2) is 4.71. The number of carbonyl (C=O) groups excluding carboxylic acids is 2. The Labute approximate surface area is 120 Å². The molecule has 0 aromatic carbocycles. The maximum Gasteiger partial charge on any atom is 0.235 e. The van der Waals surface area contributed by atoms with Gasteiger partial charge in [0.1, 0.15) is 10.4 Å². The van der Waals surface area contributed by atoms with Crippen molar-refractivity contribution in [2.24, 2.45) is 5.41 Å². The Hall–Kier alpha value is -1.23. The third kappa shape index (κ3) is 2.31. The van der Waals surface area contributed by atoms with Crippen LogP contribution in [0.25, 0.3) is 0 Å². The summed E-state index contributed by atoms with van der Waals surface area (Å²) in [5.74, 6) is 0.213. The maximum absolute atomic E-state index is 12.3. The van der Waals surface area contributed by atoms with Gasteiger partial charge in [0.05, 0.1) is 0 Å². The summed E-state index contributed by atoms with van der Waals surface area (Å²) >= 11 is 3.27. The standard InChI is InChI=1S/C14H15BrN2O2/c15-10-4-3-5-11(16-10)17-12(18)8-14(9-13(17)19)6-1-2-7-14/h3-5H,1-2,6-9H2. The smallest absolute Gasteiger partial charge is 0.235 e. The van der Waals surface area contributed by atoms with Crippen molar-refractivity contribution in [1.82, 2.24) is 4.98 Å². The Morgan fingerprint density at radius 3 is 2.32 bits per heavy atom. The van der Waals surface area contributed by atoms with Gasteiger partial charge in [-0.25, -0.2) is 9.88 Å². The van der Waals surface area contributed by atoms with Crippen molar-refractivity contribution < 1.29 is 9.59 Å². The zero-order valence-corrected chi connectivity index (χ0v) is 12.1. The molecule has 5 heteroatoms. The van der Waals surface area contributed by atoms with E-state index in [2.05, 4.69) is 20.9 Å². The molecule has 2 heterocycles. The number of rotatable bonds is 1. The summed E-state index contributed by atoms with van der Waals surface area (Å²) in [5.41, 5.74) is -0.0589. The highest BCUT2D eigenvalue weighted by Crippen LogP contribution is 2.47. The molecule has 1 aromatic rings. The molecule has 0 bridgehead atoms. The number of imide groups is 1. The average Bonchev–Trinajstić information content (AvgIpc) is 2.76. The minimum absolute atomic E-state index is 0.0589. The molecule has 1 aliphatic carbocycles. The van der Waals surface area contributed by atoms with Gasteiger partial charge in [0.2, 0.25) is 11.8 Å². The van der Waals surface area contributed by atoms with E-state index in [1.165, 1.54) is 4.90 Å². The van der Waals surface area contributed by atoms with Crippen LogP contribution in [0.3, 0.4) is 0 Å². The fourth-order valence-electron chi connectivity index (χ4n) is 3.26. The van der Waals surface area contributed by atoms with E-state index in [0.717, 1.165) is 25.7 Å². The predicted octanol–water partition coefficient (Wildman–Crippen LogP) is 3.06. The van der Waals surface area contributed by atoms with E-state index in [9.17, 15) is 9.59 Å². The summed E-state index contributed by atoms with van der Waals surface area (Å²) in [7, 11) is 0. The van der Waals surface area contributed by atoms with Crippen molar-refractivity contribution in [3.05, 3.63) is 22.8 Å². The lowest BCUT2D eigenvalue weighted by Crippen LogP contribution is -2.47. The summed E-state index contributed by atoms with van der Waals surface area (Å²) in [6.45, 7) is 0. The molecule has 1 spiro atoms. The van der Waals surface area contributed by atoms with E-state index in [1.807, 2.05) is 0 Å². The number of amides is 2. The van der Waals surface area contributed by atoms with Crippen molar-refractivity contribution in [1.29, 1.82) is 0 Å². The molecule has 1 aromatic heterocycles. The highest BCUT2D eigenvalue weighted by atomic mass is 79.9. The quantitative estimate of drug-likeness (QED) is 0.589. The number of pyridine rings is 1. The number of hydrogen-bond acceptors (Lipinski definition) is 3. The molecular formula is C14H15BrN2O2. The molecule has 2 amide bonds. The molecule has 4 nitrogen and oxygen atoms in total. The molecular weight excluding hydrogens is 308 g/mol. The Morgan fingerprint density at radius 2 is 1.74 bits per heavy atom. The fourth-order valence-corrected chi connectivity index (χ4v) is 3.59. The van der Waals surface area contributed by atoms with Crippen LogP contribution in [0.5, 0.6) is 0 Å². The van der Waals surface area contributed by atoms with Crippen molar-refractivity contribution >= 4 is 33.6 Å². The van der Waals surface area contributed by atoms with E-state index in [0.29, 0.717) is 23.3 Å². The van der Waals surface area contributed by atoms with Crippen LogP contribution in [0.4, 0.5) is 5.82 Å². The molecule has 2 fully saturated rings. The van der Waals surface area contributed by atoms with Gasteiger partial charge in [-0.05, 0) is 46.3 Å². The first-order valence-corrected chi connectivity index (χ1v) is 7.37. The van der Waals surface area contributed by atoms with Gasteiger partial charge in [-0.1, -0.05) is 18.9 Å². The van der Waals surface area contributed by atoms with E-state index in [-0.39, 0.29) is 17.2 Å². The van der Waals surface area contributed by atoms with Gasteiger partial charge in [-0.3, -0.25) is 9.59 Å². The summed E-state index contributed by atoms with van der Waals surface area (Å²) in [4.78, 5) is 30.1. The summed E-state index contributed by atoms with van der Waals surface area (Å²) < 4.78 is 0.631. The molecule has 0 radical (unpaired) electrons. The zero-order valence-electron chi connectivity index (χ0n) is 10.6. The van der Waals surface area contributed by atoms with E-state index < -0.39 is 0 Å². The summed E-state index contributed by atoms with van der Waals surface area (Å²) in [6, 6.07) is 5.26. The fraction of sp³-hybridized carbons (Fsp3) is 0.500. The Morgan fingerprint density at radius 1 is 1.11 bits per heavy atom. The number of hydrogen-bond donors (Lipinski definition) is 0. The van der Waals surface area contributed by atoms with Crippen molar-refractivity contribution in [2.45, 2.75) is 38.5 Å². The molecule has 1 aliphatic heterocycles. The normalized spacial score (nSPS) is 22.3.